The van der Waals surface area contributed by atoms with Crippen LogP contribution in [-0.2, 0) is 18.0 Å². The molecule has 6 nitrogen and oxygen atoms in total. The lowest BCUT2D eigenvalue weighted by molar-refractivity contribution is -0.125. The van der Waals surface area contributed by atoms with Crippen molar-refractivity contribution in [2.45, 2.75) is 38.0 Å². The summed E-state index contributed by atoms with van der Waals surface area (Å²) in [4.78, 5) is 29.7. The number of hydrogen-bond donors (Lipinski definition) is 0. The molecule has 0 spiro atoms. The smallest absolute Gasteiger partial charge is 0.293 e. The zero-order chi connectivity index (χ0) is 24.7. The van der Waals surface area contributed by atoms with Crippen LogP contribution >= 0.6 is 23.4 Å². The molecule has 9 heteroatoms. The Morgan fingerprint density at radius 2 is 1.97 bits per heavy atom. The molecule has 0 bridgehead atoms. The van der Waals surface area contributed by atoms with Crippen LogP contribution in [0.25, 0.3) is 17.0 Å². The first-order chi connectivity index (χ1) is 16.8. The van der Waals surface area contributed by atoms with Gasteiger partial charge in [-0.25, -0.2) is 4.39 Å². The van der Waals surface area contributed by atoms with Gasteiger partial charge in [-0.1, -0.05) is 23.7 Å². The maximum absolute atomic E-state index is 13.4. The molecule has 1 saturated heterocycles. The molecule has 2 heterocycles. The van der Waals surface area contributed by atoms with Crippen LogP contribution in [0.5, 0.6) is 0 Å². The largest absolute Gasteiger partial charge is 0.302 e. The van der Waals surface area contributed by atoms with Crippen molar-refractivity contribution in [2.75, 3.05) is 20.6 Å². The predicted octanol–water partition coefficient (Wildman–Crippen LogP) is 5.73. The average molecular weight is 513 g/mol. The standard InChI is InChI=1S/C26H26ClFN4O2S/c1-30(2)26(8-3-9-26)16-31-24(33)23(35-25(31)34)11-17-4-7-22-20(10-17)14-29-32(22)15-18-5-6-21(27)12-19(18)13-28/h4-7,10-12,14H,3,8-9,13,15-16H2,1-2H3/b23-11-. The summed E-state index contributed by atoms with van der Waals surface area (Å²) >= 11 is 6.99. The van der Waals surface area contributed by atoms with E-state index >= 15 is 0 Å². The Hall–Kier alpha value is -2.68. The van der Waals surface area contributed by atoms with Crippen LogP contribution in [-0.4, -0.2) is 56.9 Å². The van der Waals surface area contributed by atoms with Crippen molar-refractivity contribution in [2.24, 2.45) is 0 Å². The molecule has 2 aromatic carbocycles. The SMILES string of the molecule is CN(C)C1(CN2C(=O)S/C(=C\c3ccc4c(cnn4Cc4ccc(Cl)cc4CF)c3)C2=O)CCC1. The number of fused-ring (bicyclic) bond motifs is 1. The summed E-state index contributed by atoms with van der Waals surface area (Å²) in [7, 11) is 4.02. The van der Waals surface area contributed by atoms with E-state index in [1.807, 2.05) is 43.0 Å². The molecule has 1 aliphatic heterocycles. The molecular formula is C26H26ClFN4O2S. The molecule has 0 atom stereocenters. The van der Waals surface area contributed by atoms with Crippen LogP contribution in [0, 0.1) is 0 Å². The highest BCUT2D eigenvalue weighted by molar-refractivity contribution is 8.18. The summed E-state index contributed by atoms with van der Waals surface area (Å²) in [6.45, 7) is 0.259. The minimum absolute atomic E-state index is 0.110. The molecule has 0 unspecified atom stereocenters. The number of alkyl halides is 1. The summed E-state index contributed by atoms with van der Waals surface area (Å²) in [6.07, 6.45) is 6.62. The van der Waals surface area contributed by atoms with E-state index in [1.54, 1.807) is 24.4 Å². The summed E-state index contributed by atoms with van der Waals surface area (Å²) < 4.78 is 15.3. The Morgan fingerprint density at radius 3 is 2.66 bits per heavy atom. The molecule has 35 heavy (non-hydrogen) atoms. The molecule has 1 aliphatic carbocycles. The highest BCUT2D eigenvalue weighted by Gasteiger charge is 2.46. The first-order valence-electron chi connectivity index (χ1n) is 11.5. The van der Waals surface area contributed by atoms with Crippen molar-refractivity contribution in [1.29, 1.82) is 0 Å². The summed E-state index contributed by atoms with van der Waals surface area (Å²) in [5.74, 6) is -0.231. The van der Waals surface area contributed by atoms with Gasteiger partial charge in [-0.2, -0.15) is 5.10 Å². The molecule has 5 rings (SSSR count). The fourth-order valence-corrected chi connectivity index (χ4v) is 5.80. The van der Waals surface area contributed by atoms with Gasteiger partial charge < -0.3 is 4.90 Å². The van der Waals surface area contributed by atoms with Gasteiger partial charge in [0.1, 0.15) is 6.67 Å². The zero-order valence-corrected chi connectivity index (χ0v) is 21.2. The van der Waals surface area contributed by atoms with Crippen LogP contribution < -0.4 is 0 Å². The van der Waals surface area contributed by atoms with E-state index < -0.39 is 6.67 Å². The molecule has 0 N–H and O–H groups in total. The number of benzene rings is 2. The minimum Gasteiger partial charge on any atom is -0.302 e. The quantitative estimate of drug-likeness (QED) is 0.378. The van der Waals surface area contributed by atoms with Gasteiger partial charge in [0.2, 0.25) is 0 Å². The molecule has 0 radical (unpaired) electrons. The van der Waals surface area contributed by atoms with Crippen LogP contribution in [0.1, 0.15) is 36.0 Å². The second kappa shape index (κ2) is 9.41. The lowest BCUT2D eigenvalue weighted by Crippen LogP contribution is -2.57. The fraction of sp³-hybridized carbons (Fsp3) is 0.346. The third kappa shape index (κ3) is 4.50. The molecule has 182 valence electrons. The maximum Gasteiger partial charge on any atom is 0.293 e. The number of aromatic nitrogens is 2. The summed E-state index contributed by atoms with van der Waals surface area (Å²) in [5, 5.41) is 5.66. The number of rotatable bonds is 7. The first kappa shape index (κ1) is 24.0. The van der Waals surface area contributed by atoms with Gasteiger partial charge in [-0.15, -0.1) is 0 Å². The van der Waals surface area contributed by atoms with Crippen molar-refractivity contribution >= 4 is 51.5 Å². The molecule has 3 aromatic rings. The lowest BCUT2D eigenvalue weighted by atomic mass is 9.75. The van der Waals surface area contributed by atoms with Crippen molar-refractivity contribution in [1.82, 2.24) is 19.6 Å². The van der Waals surface area contributed by atoms with Crippen molar-refractivity contribution in [3.8, 4) is 0 Å². The highest BCUT2D eigenvalue weighted by atomic mass is 35.5. The van der Waals surface area contributed by atoms with Crippen LogP contribution in [0.4, 0.5) is 9.18 Å². The molecule has 1 saturated carbocycles. The normalized spacial score (nSPS) is 18.8. The Kier molecular flexibility index (Phi) is 6.46. The van der Waals surface area contributed by atoms with Gasteiger partial charge in [-0.05, 0) is 92.2 Å². The average Bonchev–Trinajstić information content (AvgIpc) is 3.31. The minimum atomic E-state index is -0.593. The number of nitrogens with zero attached hydrogens (tertiary/aromatic N) is 4. The number of hydrogen-bond acceptors (Lipinski definition) is 5. The maximum atomic E-state index is 13.4. The van der Waals surface area contributed by atoms with E-state index in [4.69, 9.17) is 11.6 Å². The van der Waals surface area contributed by atoms with Crippen LogP contribution in [0.3, 0.4) is 0 Å². The summed E-state index contributed by atoms with van der Waals surface area (Å²) in [5.41, 5.74) is 2.98. The highest BCUT2D eigenvalue weighted by Crippen LogP contribution is 2.40. The molecule has 2 aliphatic rings. The number of likely N-dealkylation sites (N-methyl/N-ethyl adjacent to an activating group) is 1. The Morgan fingerprint density at radius 1 is 1.17 bits per heavy atom. The molecular weight excluding hydrogens is 487 g/mol. The monoisotopic (exact) mass is 512 g/mol. The molecule has 2 amide bonds. The van der Waals surface area contributed by atoms with E-state index in [-0.39, 0.29) is 16.7 Å². The van der Waals surface area contributed by atoms with Crippen molar-refractivity contribution < 1.29 is 14.0 Å². The third-order valence-corrected chi connectivity index (χ3v) is 8.30. The van der Waals surface area contributed by atoms with Crippen LogP contribution in [0.2, 0.25) is 5.02 Å². The fourth-order valence-electron chi connectivity index (χ4n) is 4.77. The number of carbonyl (C=O) groups excluding carboxylic acids is 2. The Labute approximate surface area is 212 Å². The van der Waals surface area contributed by atoms with Crippen molar-refractivity contribution in [3.05, 3.63) is 69.2 Å². The zero-order valence-electron chi connectivity index (χ0n) is 19.6. The predicted molar refractivity (Wildman–Crippen MR) is 138 cm³/mol. The Balaban J connectivity index is 1.36. The number of halogens is 2. The Bertz CT molecular complexity index is 1350. The van der Waals surface area contributed by atoms with Gasteiger partial charge in [-0.3, -0.25) is 19.2 Å². The second-order valence-electron chi connectivity index (χ2n) is 9.41. The van der Waals surface area contributed by atoms with Crippen LogP contribution in [0.15, 0.2) is 47.5 Å². The first-order valence-corrected chi connectivity index (χ1v) is 12.7. The molecule has 1 aromatic heterocycles. The van der Waals surface area contributed by atoms with Gasteiger partial charge in [0, 0.05) is 22.5 Å². The topological polar surface area (TPSA) is 58.4 Å². The van der Waals surface area contributed by atoms with Gasteiger partial charge in [0.05, 0.1) is 23.2 Å². The second-order valence-corrected chi connectivity index (χ2v) is 10.8. The van der Waals surface area contributed by atoms with E-state index in [1.165, 1.54) is 4.90 Å². The van der Waals surface area contributed by atoms with Crippen molar-refractivity contribution in [3.63, 3.8) is 0 Å². The van der Waals surface area contributed by atoms with E-state index in [9.17, 15) is 14.0 Å². The number of thioether (sulfide) groups is 1. The van der Waals surface area contributed by atoms with E-state index in [0.29, 0.717) is 28.6 Å². The van der Waals surface area contributed by atoms with Gasteiger partial charge in [0.25, 0.3) is 11.1 Å². The summed E-state index contributed by atoms with van der Waals surface area (Å²) in [6, 6.07) is 11.0. The lowest BCUT2D eigenvalue weighted by Gasteiger charge is -2.48. The van der Waals surface area contributed by atoms with E-state index in [2.05, 4.69) is 10.00 Å². The molecule has 2 fully saturated rings. The third-order valence-electron chi connectivity index (χ3n) is 7.15. The van der Waals surface area contributed by atoms with Gasteiger partial charge in [0.15, 0.2) is 0 Å². The number of carbonyl (C=O) groups is 2. The van der Waals surface area contributed by atoms with Gasteiger partial charge >= 0.3 is 0 Å². The number of amides is 2. The van der Waals surface area contributed by atoms with E-state index in [0.717, 1.165) is 53.1 Å². The number of imide groups is 1.